The lowest BCUT2D eigenvalue weighted by molar-refractivity contribution is 0.186. The fourth-order valence-corrected chi connectivity index (χ4v) is 2.13. The van der Waals surface area contributed by atoms with Crippen LogP contribution in [0.4, 0.5) is 9.18 Å². The number of urea groups is 1. The summed E-state index contributed by atoms with van der Waals surface area (Å²) in [5.41, 5.74) is 0.696. The summed E-state index contributed by atoms with van der Waals surface area (Å²) in [6.45, 7) is 3.66. The Morgan fingerprint density at radius 1 is 1.47 bits per heavy atom. The molecule has 1 aromatic rings. The smallest absolute Gasteiger partial charge is 0.315 e. The molecule has 0 aliphatic rings. The molecule has 3 N–H and O–H groups in total. The number of amides is 2. The van der Waals surface area contributed by atoms with Gasteiger partial charge in [-0.2, -0.15) is 0 Å². The first kappa shape index (κ1) is 15.9. The molecular formula is C13H18BrFN2O2. The SMILES string of the molecule is CC[C@@H](NC(=O)NC[C@@H](C)O)c1cc(F)cc(Br)c1. The zero-order valence-corrected chi connectivity index (χ0v) is 12.5. The van der Waals surface area contributed by atoms with Gasteiger partial charge >= 0.3 is 6.03 Å². The average molecular weight is 333 g/mol. The first-order chi connectivity index (χ1) is 8.92. The molecule has 106 valence electrons. The molecule has 6 heteroatoms. The van der Waals surface area contributed by atoms with Gasteiger partial charge in [0.25, 0.3) is 0 Å². The summed E-state index contributed by atoms with van der Waals surface area (Å²) in [4.78, 5) is 11.6. The Morgan fingerprint density at radius 2 is 2.16 bits per heavy atom. The number of halogens is 2. The average Bonchev–Trinajstić information content (AvgIpc) is 2.32. The molecule has 0 radical (unpaired) electrons. The second kappa shape index (κ2) is 7.45. The number of aliphatic hydroxyl groups is 1. The maximum atomic E-state index is 13.3. The van der Waals surface area contributed by atoms with Gasteiger partial charge in [-0.3, -0.25) is 0 Å². The third-order valence-electron chi connectivity index (χ3n) is 2.56. The van der Waals surface area contributed by atoms with Gasteiger partial charge in [0.1, 0.15) is 5.82 Å². The minimum Gasteiger partial charge on any atom is -0.392 e. The van der Waals surface area contributed by atoms with Crippen molar-refractivity contribution in [3.05, 3.63) is 34.1 Å². The molecule has 2 atom stereocenters. The van der Waals surface area contributed by atoms with Crippen LogP contribution in [0.2, 0.25) is 0 Å². The van der Waals surface area contributed by atoms with Crippen molar-refractivity contribution in [3.8, 4) is 0 Å². The lowest BCUT2D eigenvalue weighted by Gasteiger charge is -2.18. The summed E-state index contributed by atoms with van der Waals surface area (Å²) in [5, 5.41) is 14.4. The van der Waals surface area contributed by atoms with E-state index in [1.54, 1.807) is 13.0 Å². The van der Waals surface area contributed by atoms with E-state index in [0.29, 0.717) is 16.5 Å². The van der Waals surface area contributed by atoms with Crippen molar-refractivity contribution in [2.24, 2.45) is 0 Å². The van der Waals surface area contributed by atoms with Crippen LogP contribution >= 0.6 is 15.9 Å². The van der Waals surface area contributed by atoms with Gasteiger partial charge in [0.2, 0.25) is 0 Å². The van der Waals surface area contributed by atoms with Gasteiger partial charge in [0, 0.05) is 11.0 Å². The molecule has 0 fully saturated rings. The van der Waals surface area contributed by atoms with Crippen LogP contribution < -0.4 is 10.6 Å². The minimum absolute atomic E-state index is 0.176. The predicted octanol–water partition coefficient (Wildman–Crippen LogP) is 2.72. The largest absolute Gasteiger partial charge is 0.392 e. The Balaban J connectivity index is 2.69. The van der Waals surface area contributed by atoms with Crippen molar-refractivity contribution in [1.29, 1.82) is 0 Å². The zero-order chi connectivity index (χ0) is 14.4. The first-order valence-corrected chi connectivity index (χ1v) is 6.90. The molecule has 0 unspecified atom stereocenters. The third kappa shape index (κ3) is 5.57. The summed E-state index contributed by atoms with van der Waals surface area (Å²) in [7, 11) is 0. The van der Waals surface area contributed by atoms with Gasteiger partial charge in [-0.05, 0) is 37.1 Å². The monoisotopic (exact) mass is 332 g/mol. The van der Waals surface area contributed by atoms with E-state index in [4.69, 9.17) is 5.11 Å². The van der Waals surface area contributed by atoms with Gasteiger partial charge in [-0.1, -0.05) is 22.9 Å². The van der Waals surface area contributed by atoms with E-state index in [1.165, 1.54) is 12.1 Å². The highest BCUT2D eigenvalue weighted by Crippen LogP contribution is 2.22. The number of carbonyl (C=O) groups excluding carboxylic acids is 1. The van der Waals surface area contributed by atoms with Crippen LogP contribution in [0.1, 0.15) is 31.9 Å². The highest BCUT2D eigenvalue weighted by Gasteiger charge is 2.14. The molecular weight excluding hydrogens is 315 g/mol. The summed E-state index contributed by atoms with van der Waals surface area (Å²) in [5.74, 6) is -0.353. The Kier molecular flexibility index (Phi) is 6.24. The topological polar surface area (TPSA) is 61.4 Å². The number of nitrogens with one attached hydrogen (secondary N) is 2. The maximum Gasteiger partial charge on any atom is 0.315 e. The van der Waals surface area contributed by atoms with Crippen molar-refractivity contribution >= 4 is 22.0 Å². The van der Waals surface area contributed by atoms with Gasteiger partial charge in [-0.25, -0.2) is 9.18 Å². The fourth-order valence-electron chi connectivity index (χ4n) is 1.65. The van der Waals surface area contributed by atoms with E-state index in [9.17, 15) is 9.18 Å². The molecule has 1 aromatic carbocycles. The summed E-state index contributed by atoms with van der Waals surface area (Å²) >= 11 is 3.23. The number of hydrogen-bond acceptors (Lipinski definition) is 2. The van der Waals surface area contributed by atoms with E-state index in [1.807, 2.05) is 6.92 Å². The molecule has 1 rings (SSSR count). The number of aliphatic hydroxyl groups excluding tert-OH is 1. The maximum absolute atomic E-state index is 13.3. The molecule has 0 aliphatic heterocycles. The van der Waals surface area contributed by atoms with Crippen LogP contribution in [-0.4, -0.2) is 23.8 Å². The van der Waals surface area contributed by atoms with Gasteiger partial charge in [-0.15, -0.1) is 0 Å². The lowest BCUT2D eigenvalue weighted by atomic mass is 10.0. The predicted molar refractivity (Wildman–Crippen MR) is 75.3 cm³/mol. The quantitative estimate of drug-likeness (QED) is 0.776. The van der Waals surface area contributed by atoms with Gasteiger partial charge in [0.15, 0.2) is 0 Å². The Morgan fingerprint density at radius 3 is 2.68 bits per heavy atom. The van der Waals surface area contributed by atoms with Crippen molar-refractivity contribution < 1.29 is 14.3 Å². The van der Waals surface area contributed by atoms with Gasteiger partial charge in [0.05, 0.1) is 12.1 Å². The van der Waals surface area contributed by atoms with Crippen LogP contribution in [0.3, 0.4) is 0 Å². The van der Waals surface area contributed by atoms with E-state index in [0.717, 1.165) is 0 Å². The van der Waals surface area contributed by atoms with Gasteiger partial charge < -0.3 is 15.7 Å². The van der Waals surface area contributed by atoms with Crippen LogP contribution in [0.15, 0.2) is 22.7 Å². The standard InChI is InChI=1S/C13H18BrFN2O2/c1-3-12(17-13(19)16-7-8(2)18)9-4-10(14)6-11(15)5-9/h4-6,8,12,18H,3,7H2,1-2H3,(H2,16,17,19)/t8-,12-/m1/s1. The fraction of sp³-hybridized carbons (Fsp3) is 0.462. The molecule has 0 bridgehead atoms. The zero-order valence-electron chi connectivity index (χ0n) is 10.9. The summed E-state index contributed by atoms with van der Waals surface area (Å²) in [6, 6.07) is 3.87. The lowest BCUT2D eigenvalue weighted by Crippen LogP contribution is -2.40. The highest BCUT2D eigenvalue weighted by molar-refractivity contribution is 9.10. The molecule has 0 aliphatic carbocycles. The normalized spacial score (nSPS) is 13.7. The van der Waals surface area contributed by atoms with Crippen LogP contribution in [0, 0.1) is 5.82 Å². The minimum atomic E-state index is -0.603. The van der Waals surface area contributed by atoms with E-state index in [-0.39, 0.29) is 24.4 Å². The Bertz CT molecular complexity index is 420. The number of benzene rings is 1. The van der Waals surface area contributed by atoms with Crippen molar-refractivity contribution in [2.75, 3.05) is 6.54 Å². The molecule has 0 saturated carbocycles. The number of rotatable bonds is 5. The van der Waals surface area contributed by atoms with E-state index < -0.39 is 6.10 Å². The highest BCUT2D eigenvalue weighted by atomic mass is 79.9. The van der Waals surface area contributed by atoms with Crippen molar-refractivity contribution in [2.45, 2.75) is 32.4 Å². The molecule has 0 spiro atoms. The molecule has 19 heavy (non-hydrogen) atoms. The second-order valence-electron chi connectivity index (χ2n) is 4.37. The molecule has 0 saturated heterocycles. The Labute approximate surface area is 120 Å². The third-order valence-corrected chi connectivity index (χ3v) is 3.02. The molecule has 0 heterocycles. The molecule has 2 amide bonds. The number of hydrogen-bond donors (Lipinski definition) is 3. The Hall–Kier alpha value is -1.14. The summed E-state index contributed by atoms with van der Waals surface area (Å²) in [6.07, 6.45) is 0.0342. The summed E-state index contributed by atoms with van der Waals surface area (Å²) < 4.78 is 14.0. The van der Waals surface area contributed by atoms with E-state index in [2.05, 4.69) is 26.6 Å². The van der Waals surface area contributed by atoms with Crippen LogP contribution in [0.25, 0.3) is 0 Å². The second-order valence-corrected chi connectivity index (χ2v) is 5.28. The van der Waals surface area contributed by atoms with E-state index >= 15 is 0 Å². The first-order valence-electron chi connectivity index (χ1n) is 6.10. The van der Waals surface area contributed by atoms with Crippen LogP contribution in [-0.2, 0) is 0 Å². The molecule has 0 aromatic heterocycles. The van der Waals surface area contributed by atoms with Crippen LogP contribution in [0.5, 0.6) is 0 Å². The van der Waals surface area contributed by atoms with Crippen molar-refractivity contribution in [3.63, 3.8) is 0 Å². The van der Waals surface area contributed by atoms with Crippen molar-refractivity contribution in [1.82, 2.24) is 10.6 Å². The number of carbonyl (C=O) groups is 1. The molecule has 4 nitrogen and oxygen atoms in total.